The summed E-state index contributed by atoms with van der Waals surface area (Å²) < 4.78 is 0. The standard InChI is InChI=1S/C12H13NO5/c1-8(12(17)18)13(6-11(15)16)10-4-2-9(7-14)3-5-10/h2-5,7-8H,6H2,1H3,(H,15,16)(H,17,18)/p-2. The van der Waals surface area contributed by atoms with Gasteiger partial charge < -0.3 is 24.7 Å². The predicted octanol–water partition coefficient (Wildman–Crippen LogP) is -1.81. The van der Waals surface area contributed by atoms with Gasteiger partial charge >= 0.3 is 0 Å². The van der Waals surface area contributed by atoms with Gasteiger partial charge in [0, 0.05) is 11.3 Å². The van der Waals surface area contributed by atoms with Crippen LogP contribution in [0.15, 0.2) is 24.3 Å². The van der Waals surface area contributed by atoms with E-state index in [1.165, 1.54) is 31.2 Å². The Kier molecular flexibility index (Phi) is 4.42. The molecule has 0 aliphatic rings. The van der Waals surface area contributed by atoms with Gasteiger partial charge in [-0.05, 0) is 31.2 Å². The number of anilines is 1. The van der Waals surface area contributed by atoms with Gasteiger partial charge in [-0.2, -0.15) is 0 Å². The third-order valence-corrected chi connectivity index (χ3v) is 2.47. The maximum absolute atomic E-state index is 10.8. The zero-order chi connectivity index (χ0) is 13.7. The van der Waals surface area contributed by atoms with Crippen molar-refractivity contribution in [3.05, 3.63) is 29.8 Å². The molecular weight excluding hydrogens is 238 g/mol. The Bertz CT molecular complexity index is 454. The number of aldehydes is 1. The molecule has 1 rings (SSSR count). The number of carbonyl (C=O) groups excluding carboxylic acids is 3. The van der Waals surface area contributed by atoms with E-state index in [1.807, 2.05) is 0 Å². The molecule has 0 aliphatic heterocycles. The van der Waals surface area contributed by atoms with Gasteiger partial charge in [0.25, 0.3) is 0 Å². The van der Waals surface area contributed by atoms with Crippen molar-refractivity contribution in [3.8, 4) is 0 Å². The second kappa shape index (κ2) is 5.81. The Labute approximate surface area is 103 Å². The number of benzene rings is 1. The fraction of sp³-hybridized carbons (Fsp3) is 0.250. The van der Waals surface area contributed by atoms with Crippen molar-refractivity contribution >= 4 is 23.9 Å². The number of aliphatic carboxylic acids is 2. The van der Waals surface area contributed by atoms with E-state index < -0.39 is 24.5 Å². The topological polar surface area (TPSA) is 101 Å². The zero-order valence-corrected chi connectivity index (χ0v) is 9.66. The van der Waals surface area contributed by atoms with Crippen molar-refractivity contribution in [2.24, 2.45) is 0 Å². The van der Waals surface area contributed by atoms with Gasteiger partial charge in [0.05, 0.1) is 24.5 Å². The van der Waals surface area contributed by atoms with Crippen molar-refractivity contribution in [2.45, 2.75) is 13.0 Å². The number of nitrogens with zero attached hydrogens (tertiary/aromatic N) is 1. The summed E-state index contributed by atoms with van der Waals surface area (Å²) in [4.78, 5) is 33.0. The summed E-state index contributed by atoms with van der Waals surface area (Å²) in [6.07, 6.45) is 0.634. The lowest BCUT2D eigenvalue weighted by molar-refractivity contribution is -0.307. The monoisotopic (exact) mass is 249 g/mol. The first-order valence-electron chi connectivity index (χ1n) is 5.18. The first-order chi connectivity index (χ1) is 8.45. The molecule has 0 saturated heterocycles. The molecule has 0 spiro atoms. The van der Waals surface area contributed by atoms with Gasteiger partial charge in [-0.25, -0.2) is 0 Å². The minimum atomic E-state index is -1.40. The third-order valence-electron chi connectivity index (χ3n) is 2.47. The van der Waals surface area contributed by atoms with Gasteiger partial charge in [0.1, 0.15) is 6.29 Å². The molecule has 0 amide bonds. The second-order valence-electron chi connectivity index (χ2n) is 3.70. The Balaban J connectivity index is 3.04. The predicted molar refractivity (Wildman–Crippen MR) is 58.7 cm³/mol. The summed E-state index contributed by atoms with van der Waals surface area (Å²) in [5.41, 5.74) is 0.773. The lowest BCUT2D eigenvalue weighted by Crippen LogP contribution is -2.50. The van der Waals surface area contributed by atoms with Crippen LogP contribution >= 0.6 is 0 Å². The molecule has 0 radical (unpaired) electrons. The fourth-order valence-electron chi connectivity index (χ4n) is 1.46. The summed E-state index contributed by atoms with van der Waals surface area (Å²) in [5.74, 6) is -2.79. The number of carboxylic acids is 2. The minimum Gasteiger partial charge on any atom is -0.548 e. The molecule has 1 aromatic carbocycles. The molecule has 0 saturated carbocycles. The molecule has 0 bridgehead atoms. The van der Waals surface area contributed by atoms with Crippen LogP contribution in [0.3, 0.4) is 0 Å². The van der Waals surface area contributed by atoms with Crippen molar-refractivity contribution in [1.82, 2.24) is 0 Å². The highest BCUT2D eigenvalue weighted by Gasteiger charge is 2.15. The fourth-order valence-corrected chi connectivity index (χ4v) is 1.46. The van der Waals surface area contributed by atoms with E-state index in [4.69, 9.17) is 0 Å². The highest BCUT2D eigenvalue weighted by molar-refractivity contribution is 5.81. The lowest BCUT2D eigenvalue weighted by Gasteiger charge is -2.32. The van der Waals surface area contributed by atoms with Crippen LogP contribution in [-0.4, -0.2) is 30.8 Å². The summed E-state index contributed by atoms with van der Waals surface area (Å²) in [5, 5.41) is 21.4. The average molecular weight is 249 g/mol. The van der Waals surface area contributed by atoms with Crippen LogP contribution in [0.1, 0.15) is 17.3 Å². The molecule has 18 heavy (non-hydrogen) atoms. The van der Waals surface area contributed by atoms with E-state index >= 15 is 0 Å². The Morgan fingerprint density at radius 1 is 1.28 bits per heavy atom. The molecule has 0 heterocycles. The Morgan fingerprint density at radius 3 is 2.22 bits per heavy atom. The number of hydrogen-bond donors (Lipinski definition) is 0. The van der Waals surface area contributed by atoms with Crippen LogP contribution in [0.5, 0.6) is 0 Å². The number of carboxylic acid groups (broad SMARTS) is 2. The smallest absolute Gasteiger partial charge is 0.150 e. The van der Waals surface area contributed by atoms with E-state index in [0.717, 1.165) is 4.90 Å². The molecule has 0 aromatic heterocycles. The van der Waals surface area contributed by atoms with Crippen molar-refractivity contribution < 1.29 is 24.6 Å². The third kappa shape index (κ3) is 3.31. The lowest BCUT2D eigenvalue weighted by atomic mass is 10.1. The zero-order valence-electron chi connectivity index (χ0n) is 9.66. The first-order valence-corrected chi connectivity index (χ1v) is 5.18. The van der Waals surface area contributed by atoms with Crippen molar-refractivity contribution in [3.63, 3.8) is 0 Å². The van der Waals surface area contributed by atoms with Gasteiger partial charge in [0.15, 0.2) is 0 Å². The molecule has 6 nitrogen and oxygen atoms in total. The SMILES string of the molecule is CC(C(=O)[O-])N(CC(=O)[O-])c1ccc(C=O)cc1. The molecular formula is C12H11NO5-2. The molecule has 1 unspecified atom stereocenters. The van der Waals surface area contributed by atoms with E-state index in [-0.39, 0.29) is 0 Å². The van der Waals surface area contributed by atoms with E-state index in [0.29, 0.717) is 17.5 Å². The number of carbonyl (C=O) groups is 3. The number of hydrogen-bond acceptors (Lipinski definition) is 6. The summed E-state index contributed by atoms with van der Waals surface area (Å²) in [6, 6.07) is 4.74. The Hall–Kier alpha value is -2.37. The first kappa shape index (κ1) is 13.7. The van der Waals surface area contributed by atoms with E-state index in [1.54, 1.807) is 0 Å². The van der Waals surface area contributed by atoms with Crippen LogP contribution in [0, 0.1) is 0 Å². The maximum Gasteiger partial charge on any atom is 0.150 e. The van der Waals surface area contributed by atoms with Gasteiger partial charge in [-0.15, -0.1) is 0 Å². The molecule has 0 fully saturated rings. The van der Waals surface area contributed by atoms with Crippen molar-refractivity contribution in [1.29, 1.82) is 0 Å². The second-order valence-corrected chi connectivity index (χ2v) is 3.70. The van der Waals surface area contributed by atoms with Crippen LogP contribution < -0.4 is 15.1 Å². The molecule has 0 aliphatic carbocycles. The summed E-state index contributed by atoms with van der Waals surface area (Å²) >= 11 is 0. The van der Waals surface area contributed by atoms with E-state index in [2.05, 4.69) is 0 Å². The van der Waals surface area contributed by atoms with Crippen LogP contribution in [0.25, 0.3) is 0 Å². The van der Waals surface area contributed by atoms with Crippen LogP contribution in [-0.2, 0) is 9.59 Å². The summed E-state index contributed by atoms with van der Waals surface area (Å²) in [7, 11) is 0. The normalized spacial score (nSPS) is 11.6. The highest BCUT2D eigenvalue weighted by Crippen LogP contribution is 2.17. The largest absolute Gasteiger partial charge is 0.548 e. The van der Waals surface area contributed by atoms with Gasteiger partial charge in [-0.3, -0.25) is 4.79 Å². The highest BCUT2D eigenvalue weighted by atomic mass is 16.4. The van der Waals surface area contributed by atoms with Crippen molar-refractivity contribution in [2.75, 3.05) is 11.4 Å². The quantitative estimate of drug-likeness (QED) is 0.551. The molecule has 1 atom stereocenters. The maximum atomic E-state index is 10.8. The number of rotatable bonds is 6. The van der Waals surface area contributed by atoms with Gasteiger partial charge in [0.2, 0.25) is 0 Å². The Morgan fingerprint density at radius 2 is 1.83 bits per heavy atom. The average Bonchev–Trinajstić information content (AvgIpc) is 2.35. The molecule has 1 aromatic rings. The van der Waals surface area contributed by atoms with E-state index in [9.17, 15) is 24.6 Å². The molecule has 6 heteroatoms. The van der Waals surface area contributed by atoms with Crippen LogP contribution in [0.4, 0.5) is 5.69 Å². The summed E-state index contributed by atoms with van der Waals surface area (Å²) in [6.45, 7) is 0.738. The van der Waals surface area contributed by atoms with Crippen LogP contribution in [0.2, 0.25) is 0 Å². The minimum absolute atomic E-state index is 0.363. The molecule has 96 valence electrons. The molecule has 0 N–H and O–H groups in total. The van der Waals surface area contributed by atoms with Gasteiger partial charge in [-0.1, -0.05) is 0 Å².